The molecule has 1 amide bonds. The summed E-state index contributed by atoms with van der Waals surface area (Å²) in [5.41, 5.74) is 0. The molecular formula is C9H19NOS. The summed E-state index contributed by atoms with van der Waals surface area (Å²) in [6.07, 6.45) is 1.15. The van der Waals surface area contributed by atoms with Crippen LogP contribution in [0.15, 0.2) is 0 Å². The van der Waals surface area contributed by atoms with Gasteiger partial charge in [-0.2, -0.15) is 0 Å². The van der Waals surface area contributed by atoms with Crippen LogP contribution in [0.5, 0.6) is 0 Å². The molecule has 0 spiro atoms. The summed E-state index contributed by atoms with van der Waals surface area (Å²) in [5.74, 6) is 1.23. The number of thioether (sulfide) groups is 1. The van der Waals surface area contributed by atoms with Gasteiger partial charge in [-0.15, -0.1) is 11.8 Å². The van der Waals surface area contributed by atoms with Gasteiger partial charge in [-0.1, -0.05) is 6.92 Å². The van der Waals surface area contributed by atoms with Crippen molar-refractivity contribution in [1.82, 2.24) is 4.90 Å². The Morgan fingerprint density at radius 3 is 2.33 bits per heavy atom. The molecular weight excluding hydrogens is 170 g/mol. The fraction of sp³-hybridized carbons (Fsp3) is 0.889. The molecule has 0 aromatic rings. The van der Waals surface area contributed by atoms with Gasteiger partial charge < -0.3 is 4.90 Å². The first-order valence-electron chi connectivity index (χ1n) is 4.30. The van der Waals surface area contributed by atoms with Crippen molar-refractivity contribution >= 4 is 17.7 Å². The highest BCUT2D eigenvalue weighted by atomic mass is 32.2. The van der Waals surface area contributed by atoms with Crippen LogP contribution < -0.4 is 0 Å². The average molecular weight is 189 g/mol. The Balaban J connectivity index is 4.08. The van der Waals surface area contributed by atoms with Crippen molar-refractivity contribution in [3.63, 3.8) is 0 Å². The molecule has 0 atom stereocenters. The minimum absolute atomic E-state index is 0.0676. The summed E-state index contributed by atoms with van der Waals surface area (Å²) in [7, 11) is 1.85. The van der Waals surface area contributed by atoms with E-state index in [1.165, 1.54) is 0 Å². The number of carbonyl (C=O) groups excluding carboxylic acids is 1. The highest BCUT2D eigenvalue weighted by Crippen LogP contribution is 2.27. The fourth-order valence-corrected chi connectivity index (χ4v) is 1.85. The van der Waals surface area contributed by atoms with E-state index in [0.717, 1.165) is 12.2 Å². The number of hydrogen-bond donors (Lipinski definition) is 0. The lowest BCUT2D eigenvalue weighted by atomic mass is 10.3. The van der Waals surface area contributed by atoms with E-state index in [1.54, 1.807) is 11.8 Å². The van der Waals surface area contributed by atoms with E-state index in [1.807, 2.05) is 18.8 Å². The highest BCUT2D eigenvalue weighted by Gasteiger charge is 2.25. The van der Waals surface area contributed by atoms with Gasteiger partial charge in [0.25, 0.3) is 0 Å². The quantitative estimate of drug-likeness (QED) is 0.633. The first-order valence-corrected chi connectivity index (χ1v) is 5.28. The maximum atomic E-state index is 11.1. The van der Waals surface area contributed by atoms with Gasteiger partial charge in [0.2, 0.25) is 5.91 Å². The Morgan fingerprint density at radius 1 is 1.50 bits per heavy atom. The van der Waals surface area contributed by atoms with Gasteiger partial charge in [0, 0.05) is 14.0 Å². The van der Waals surface area contributed by atoms with Crippen LogP contribution in [0.4, 0.5) is 0 Å². The third-order valence-corrected chi connectivity index (χ3v) is 3.53. The summed E-state index contributed by atoms with van der Waals surface area (Å²) in [6, 6.07) is 0. The molecule has 0 aromatic heterocycles. The van der Waals surface area contributed by atoms with Crippen LogP contribution in [0.1, 0.15) is 34.1 Å². The molecule has 2 nitrogen and oxygen atoms in total. The van der Waals surface area contributed by atoms with Crippen LogP contribution in [-0.2, 0) is 4.79 Å². The van der Waals surface area contributed by atoms with Gasteiger partial charge in [-0.05, 0) is 26.0 Å². The van der Waals surface area contributed by atoms with E-state index in [4.69, 9.17) is 0 Å². The number of nitrogens with zero attached hydrogens (tertiary/aromatic N) is 1. The molecule has 3 heteroatoms. The number of carbonyl (C=O) groups is 1. The second-order valence-electron chi connectivity index (χ2n) is 3.37. The van der Waals surface area contributed by atoms with Crippen LogP contribution in [0.25, 0.3) is 0 Å². The van der Waals surface area contributed by atoms with Gasteiger partial charge in [0.05, 0.1) is 4.87 Å². The summed E-state index contributed by atoms with van der Waals surface area (Å²) in [5, 5.41) is 0. The van der Waals surface area contributed by atoms with Gasteiger partial charge >= 0.3 is 0 Å². The predicted molar refractivity (Wildman–Crippen MR) is 55.3 cm³/mol. The van der Waals surface area contributed by atoms with E-state index in [2.05, 4.69) is 20.8 Å². The zero-order chi connectivity index (χ0) is 9.78. The van der Waals surface area contributed by atoms with Gasteiger partial charge in [-0.3, -0.25) is 4.79 Å². The largest absolute Gasteiger partial charge is 0.332 e. The van der Waals surface area contributed by atoms with Gasteiger partial charge in [0.15, 0.2) is 0 Å². The molecule has 0 aromatic carbocycles. The SMILES string of the molecule is CCCSC(C)(C)N(C)C(C)=O. The van der Waals surface area contributed by atoms with Crippen molar-refractivity contribution in [2.24, 2.45) is 0 Å². The van der Waals surface area contributed by atoms with E-state index >= 15 is 0 Å². The third kappa shape index (κ3) is 3.48. The molecule has 0 aliphatic heterocycles. The Kier molecular flexibility index (Phi) is 4.68. The van der Waals surface area contributed by atoms with Crippen molar-refractivity contribution < 1.29 is 4.79 Å². The van der Waals surface area contributed by atoms with Crippen LogP contribution in [-0.4, -0.2) is 28.5 Å². The fourth-order valence-electron chi connectivity index (χ4n) is 0.828. The van der Waals surface area contributed by atoms with Crippen LogP contribution >= 0.6 is 11.8 Å². The summed E-state index contributed by atoms with van der Waals surface area (Å²) < 4.78 is 0. The number of rotatable bonds is 4. The van der Waals surface area contributed by atoms with Crippen molar-refractivity contribution in [3.05, 3.63) is 0 Å². The van der Waals surface area contributed by atoms with E-state index in [9.17, 15) is 4.79 Å². The number of hydrogen-bond acceptors (Lipinski definition) is 2. The molecule has 0 radical (unpaired) electrons. The Labute approximate surface area is 79.7 Å². The topological polar surface area (TPSA) is 20.3 Å². The molecule has 0 saturated heterocycles. The predicted octanol–water partition coefficient (Wildman–Crippen LogP) is 2.34. The second-order valence-corrected chi connectivity index (χ2v) is 5.07. The molecule has 12 heavy (non-hydrogen) atoms. The lowest BCUT2D eigenvalue weighted by Crippen LogP contribution is -2.41. The van der Waals surface area contributed by atoms with Crippen molar-refractivity contribution in [3.8, 4) is 0 Å². The third-order valence-electron chi connectivity index (χ3n) is 1.94. The lowest BCUT2D eigenvalue weighted by Gasteiger charge is -2.34. The Hall–Kier alpha value is -0.180. The van der Waals surface area contributed by atoms with Gasteiger partial charge in [0.1, 0.15) is 0 Å². The molecule has 0 aliphatic carbocycles. The summed E-state index contributed by atoms with van der Waals surface area (Å²) in [6.45, 7) is 7.91. The first-order chi connectivity index (χ1) is 5.41. The number of amides is 1. The molecule has 0 unspecified atom stereocenters. The van der Waals surface area contributed by atoms with E-state index < -0.39 is 0 Å². The van der Waals surface area contributed by atoms with Gasteiger partial charge in [-0.25, -0.2) is 0 Å². The Morgan fingerprint density at radius 2 is 2.00 bits per heavy atom. The molecule has 0 N–H and O–H groups in total. The van der Waals surface area contributed by atoms with E-state index in [0.29, 0.717) is 0 Å². The van der Waals surface area contributed by atoms with Crippen molar-refractivity contribution in [2.45, 2.75) is 39.0 Å². The van der Waals surface area contributed by atoms with Crippen LogP contribution in [0.3, 0.4) is 0 Å². The van der Waals surface area contributed by atoms with E-state index in [-0.39, 0.29) is 10.8 Å². The van der Waals surface area contributed by atoms with Crippen molar-refractivity contribution in [2.75, 3.05) is 12.8 Å². The molecule has 0 fully saturated rings. The Bertz CT molecular complexity index is 157. The highest BCUT2D eigenvalue weighted by molar-refractivity contribution is 8.00. The molecule has 0 saturated carbocycles. The maximum absolute atomic E-state index is 11.1. The zero-order valence-corrected chi connectivity index (χ0v) is 9.49. The molecule has 0 bridgehead atoms. The first kappa shape index (κ1) is 11.8. The van der Waals surface area contributed by atoms with Crippen LogP contribution in [0.2, 0.25) is 0 Å². The molecule has 0 aliphatic rings. The summed E-state index contributed by atoms with van der Waals surface area (Å²) >= 11 is 1.82. The average Bonchev–Trinajstić information content (AvgIpc) is 1.99. The lowest BCUT2D eigenvalue weighted by molar-refractivity contribution is -0.129. The molecule has 0 rings (SSSR count). The second kappa shape index (κ2) is 4.75. The minimum Gasteiger partial charge on any atom is -0.332 e. The monoisotopic (exact) mass is 189 g/mol. The summed E-state index contributed by atoms with van der Waals surface area (Å²) in [4.78, 5) is 12.8. The maximum Gasteiger partial charge on any atom is 0.220 e. The van der Waals surface area contributed by atoms with Crippen LogP contribution in [0, 0.1) is 0 Å². The standard InChI is InChI=1S/C9H19NOS/c1-6-7-12-9(3,4)10(5)8(2)11/h6-7H2,1-5H3. The van der Waals surface area contributed by atoms with Crippen molar-refractivity contribution in [1.29, 1.82) is 0 Å². The minimum atomic E-state index is -0.0676. The molecule has 0 heterocycles. The zero-order valence-electron chi connectivity index (χ0n) is 8.68. The molecule has 72 valence electrons. The normalized spacial score (nSPS) is 11.4. The smallest absolute Gasteiger partial charge is 0.220 e.